The molecule has 0 spiro atoms. The summed E-state index contributed by atoms with van der Waals surface area (Å²) in [5, 5.41) is 9.30. The lowest BCUT2D eigenvalue weighted by Crippen LogP contribution is -2.43. The molecule has 0 saturated carbocycles. The van der Waals surface area contributed by atoms with Crippen LogP contribution in [0.25, 0.3) is 0 Å². The first-order valence-corrected chi connectivity index (χ1v) is 7.08. The predicted octanol–water partition coefficient (Wildman–Crippen LogP) is 0.183. The number of thioether (sulfide) groups is 1. The SMILES string of the molecule is COC(=O)[C@@H](CC(C)C)NC(=O)CSc1n[nH]c(N)n1. The first kappa shape index (κ1) is 16.3. The summed E-state index contributed by atoms with van der Waals surface area (Å²) in [6.45, 7) is 3.93. The highest BCUT2D eigenvalue weighted by Gasteiger charge is 2.22. The molecule has 0 aliphatic carbocycles. The number of nitrogens with two attached hydrogens (primary N) is 1. The summed E-state index contributed by atoms with van der Waals surface area (Å²) in [4.78, 5) is 27.2. The maximum absolute atomic E-state index is 11.8. The van der Waals surface area contributed by atoms with Crippen LogP contribution in [-0.4, -0.2) is 46.0 Å². The Hall–Kier alpha value is -1.77. The molecule has 1 rings (SSSR count). The Balaban J connectivity index is 2.46. The molecule has 4 N–H and O–H groups in total. The molecule has 0 aliphatic rings. The summed E-state index contributed by atoms with van der Waals surface area (Å²) in [6, 6.07) is -0.634. The number of nitrogens with one attached hydrogen (secondary N) is 2. The summed E-state index contributed by atoms with van der Waals surface area (Å²) in [6.07, 6.45) is 0.524. The van der Waals surface area contributed by atoms with E-state index in [1.54, 1.807) is 0 Å². The van der Waals surface area contributed by atoms with Gasteiger partial charge >= 0.3 is 5.97 Å². The molecule has 1 amide bonds. The number of amides is 1. The predicted molar refractivity (Wildman–Crippen MR) is 74.9 cm³/mol. The Morgan fingerprint density at radius 1 is 1.50 bits per heavy atom. The molecule has 20 heavy (non-hydrogen) atoms. The molecule has 0 fully saturated rings. The Morgan fingerprint density at radius 2 is 2.20 bits per heavy atom. The van der Waals surface area contributed by atoms with Gasteiger partial charge in [0.25, 0.3) is 0 Å². The van der Waals surface area contributed by atoms with Crippen molar-refractivity contribution in [3.8, 4) is 0 Å². The van der Waals surface area contributed by atoms with E-state index in [2.05, 4.69) is 25.2 Å². The minimum absolute atomic E-state index is 0.100. The monoisotopic (exact) mass is 301 g/mol. The highest BCUT2D eigenvalue weighted by Crippen LogP contribution is 2.13. The lowest BCUT2D eigenvalue weighted by atomic mass is 10.0. The van der Waals surface area contributed by atoms with E-state index in [0.717, 1.165) is 11.8 Å². The quantitative estimate of drug-likeness (QED) is 0.485. The molecule has 0 aliphatic heterocycles. The molecule has 1 atom stereocenters. The second-order valence-corrected chi connectivity index (χ2v) is 5.51. The molecule has 9 heteroatoms. The van der Waals surface area contributed by atoms with Gasteiger partial charge in [0.15, 0.2) is 0 Å². The van der Waals surface area contributed by atoms with E-state index >= 15 is 0 Å². The highest BCUT2D eigenvalue weighted by atomic mass is 32.2. The molecule has 0 bridgehead atoms. The number of esters is 1. The minimum atomic E-state index is -0.634. The topological polar surface area (TPSA) is 123 Å². The number of nitrogen functional groups attached to an aromatic ring is 1. The van der Waals surface area contributed by atoms with E-state index in [4.69, 9.17) is 5.73 Å². The third-order valence-corrected chi connectivity index (χ3v) is 3.19. The average Bonchev–Trinajstić information content (AvgIpc) is 2.80. The van der Waals surface area contributed by atoms with Crippen LogP contribution < -0.4 is 11.1 Å². The summed E-state index contributed by atoms with van der Waals surface area (Å²) >= 11 is 1.13. The van der Waals surface area contributed by atoms with Gasteiger partial charge < -0.3 is 15.8 Å². The third kappa shape index (κ3) is 5.47. The van der Waals surface area contributed by atoms with E-state index in [9.17, 15) is 9.59 Å². The van der Waals surface area contributed by atoms with Crippen LogP contribution in [0.3, 0.4) is 0 Å². The number of aromatic nitrogens is 3. The van der Waals surface area contributed by atoms with Crippen molar-refractivity contribution >= 4 is 29.6 Å². The van der Waals surface area contributed by atoms with Crippen molar-refractivity contribution in [2.24, 2.45) is 5.92 Å². The Labute approximate surface area is 121 Å². The van der Waals surface area contributed by atoms with Gasteiger partial charge in [0.05, 0.1) is 12.9 Å². The summed E-state index contributed by atoms with van der Waals surface area (Å²) in [7, 11) is 1.30. The molecular formula is C11H19N5O3S. The summed E-state index contributed by atoms with van der Waals surface area (Å²) in [5.74, 6) is -0.170. The van der Waals surface area contributed by atoms with Gasteiger partial charge in [-0.15, -0.1) is 5.10 Å². The lowest BCUT2D eigenvalue weighted by molar-refractivity contribution is -0.145. The van der Waals surface area contributed by atoms with Crippen molar-refractivity contribution in [1.29, 1.82) is 0 Å². The molecule has 1 heterocycles. The van der Waals surface area contributed by atoms with Crippen LogP contribution in [0.2, 0.25) is 0 Å². The normalized spacial score (nSPS) is 12.2. The van der Waals surface area contributed by atoms with E-state index in [-0.39, 0.29) is 23.5 Å². The summed E-state index contributed by atoms with van der Waals surface area (Å²) < 4.78 is 4.67. The van der Waals surface area contributed by atoms with Gasteiger partial charge in [-0.3, -0.25) is 4.79 Å². The van der Waals surface area contributed by atoms with Gasteiger partial charge in [0.1, 0.15) is 6.04 Å². The van der Waals surface area contributed by atoms with Crippen molar-refractivity contribution in [3.63, 3.8) is 0 Å². The van der Waals surface area contributed by atoms with Crippen molar-refractivity contribution in [2.45, 2.75) is 31.5 Å². The fourth-order valence-electron chi connectivity index (χ4n) is 1.52. The maximum Gasteiger partial charge on any atom is 0.328 e. The molecule has 1 aromatic heterocycles. The zero-order valence-electron chi connectivity index (χ0n) is 11.7. The van der Waals surface area contributed by atoms with Crippen LogP contribution in [0, 0.1) is 5.92 Å². The molecule has 1 aromatic rings. The number of rotatable bonds is 7. The number of anilines is 1. The van der Waals surface area contributed by atoms with Crippen molar-refractivity contribution in [1.82, 2.24) is 20.5 Å². The van der Waals surface area contributed by atoms with Crippen molar-refractivity contribution < 1.29 is 14.3 Å². The van der Waals surface area contributed by atoms with Gasteiger partial charge in [-0.1, -0.05) is 25.6 Å². The number of aromatic amines is 1. The Bertz CT molecular complexity index is 463. The van der Waals surface area contributed by atoms with Crippen LogP contribution in [-0.2, 0) is 14.3 Å². The van der Waals surface area contributed by atoms with E-state index in [0.29, 0.717) is 11.6 Å². The van der Waals surface area contributed by atoms with Crippen molar-refractivity contribution in [2.75, 3.05) is 18.6 Å². The van der Waals surface area contributed by atoms with E-state index in [1.807, 2.05) is 13.8 Å². The molecule has 112 valence electrons. The number of ether oxygens (including phenoxy) is 1. The maximum atomic E-state index is 11.8. The van der Waals surface area contributed by atoms with E-state index < -0.39 is 12.0 Å². The van der Waals surface area contributed by atoms with Crippen LogP contribution in [0.1, 0.15) is 20.3 Å². The number of hydrogen-bond donors (Lipinski definition) is 3. The van der Waals surface area contributed by atoms with Crippen LogP contribution in [0.5, 0.6) is 0 Å². The summed E-state index contributed by atoms with van der Waals surface area (Å²) in [5.41, 5.74) is 5.37. The van der Waals surface area contributed by atoms with Gasteiger partial charge in [-0.05, 0) is 12.3 Å². The number of carbonyl (C=O) groups is 2. The van der Waals surface area contributed by atoms with Gasteiger partial charge in [0, 0.05) is 0 Å². The zero-order chi connectivity index (χ0) is 15.1. The van der Waals surface area contributed by atoms with Gasteiger partial charge in [0.2, 0.25) is 17.0 Å². The standard InChI is InChI=1S/C11H19N5O3S/c1-6(2)4-7(9(18)19-3)13-8(17)5-20-11-14-10(12)15-16-11/h6-7H,4-5H2,1-3H3,(H,13,17)(H3,12,14,15,16)/t7-/m1/s1. The number of carbonyl (C=O) groups excluding carboxylic acids is 2. The van der Waals surface area contributed by atoms with Crippen LogP contribution >= 0.6 is 11.8 Å². The highest BCUT2D eigenvalue weighted by molar-refractivity contribution is 7.99. The second kappa shape index (κ2) is 7.73. The number of methoxy groups -OCH3 is 1. The molecular weight excluding hydrogens is 282 g/mol. The molecule has 0 saturated heterocycles. The van der Waals surface area contributed by atoms with Gasteiger partial charge in [-0.2, -0.15) is 4.98 Å². The molecule has 0 radical (unpaired) electrons. The fraction of sp³-hybridized carbons (Fsp3) is 0.636. The number of H-pyrrole nitrogens is 1. The number of nitrogens with zero attached hydrogens (tertiary/aromatic N) is 2. The first-order chi connectivity index (χ1) is 9.42. The Morgan fingerprint density at radius 3 is 2.70 bits per heavy atom. The molecule has 8 nitrogen and oxygen atoms in total. The van der Waals surface area contributed by atoms with Crippen molar-refractivity contribution in [3.05, 3.63) is 0 Å². The van der Waals surface area contributed by atoms with Crippen LogP contribution in [0.15, 0.2) is 5.16 Å². The van der Waals surface area contributed by atoms with Gasteiger partial charge in [-0.25, -0.2) is 9.89 Å². The minimum Gasteiger partial charge on any atom is -0.467 e. The average molecular weight is 301 g/mol. The number of hydrogen-bond acceptors (Lipinski definition) is 7. The second-order valence-electron chi connectivity index (χ2n) is 4.56. The van der Waals surface area contributed by atoms with E-state index in [1.165, 1.54) is 7.11 Å². The largest absolute Gasteiger partial charge is 0.467 e. The first-order valence-electron chi connectivity index (χ1n) is 6.10. The lowest BCUT2D eigenvalue weighted by Gasteiger charge is -2.17. The third-order valence-electron chi connectivity index (χ3n) is 2.34. The zero-order valence-corrected chi connectivity index (χ0v) is 12.5. The van der Waals surface area contributed by atoms with Crippen LogP contribution in [0.4, 0.5) is 5.95 Å². The fourth-order valence-corrected chi connectivity index (χ4v) is 2.13. The molecule has 0 unspecified atom stereocenters. The molecule has 0 aromatic carbocycles. The Kier molecular flexibility index (Phi) is 6.29. The smallest absolute Gasteiger partial charge is 0.328 e.